The van der Waals surface area contributed by atoms with Crippen molar-refractivity contribution in [2.75, 3.05) is 13.9 Å². The zero-order chi connectivity index (χ0) is 13.2. The molecule has 1 aromatic carbocycles. The number of methoxy groups -OCH3 is 1. The molecule has 0 radical (unpaired) electrons. The van der Waals surface area contributed by atoms with Crippen LogP contribution in [0.5, 0.6) is 28.9 Å². The number of rotatable bonds is 3. The molecule has 0 bridgehead atoms. The number of fused-ring (bicyclic) bond motifs is 1. The van der Waals surface area contributed by atoms with Gasteiger partial charge in [0, 0.05) is 6.07 Å². The molecule has 1 aliphatic rings. The van der Waals surface area contributed by atoms with Gasteiger partial charge >= 0.3 is 0 Å². The SMILES string of the molecule is COc1c(Oc2ccc3c(c2)OCO3)nc[nH]c1=O. The highest BCUT2D eigenvalue weighted by Crippen LogP contribution is 2.37. The Morgan fingerprint density at radius 1 is 1.32 bits per heavy atom. The van der Waals surface area contributed by atoms with Gasteiger partial charge in [0.2, 0.25) is 12.5 Å². The predicted molar refractivity (Wildman–Crippen MR) is 64.0 cm³/mol. The van der Waals surface area contributed by atoms with Gasteiger partial charge in [-0.25, -0.2) is 4.98 Å². The minimum atomic E-state index is -0.409. The van der Waals surface area contributed by atoms with Crippen LogP contribution in [0.1, 0.15) is 0 Å². The Balaban J connectivity index is 1.93. The minimum Gasteiger partial charge on any atom is -0.487 e. The summed E-state index contributed by atoms with van der Waals surface area (Å²) in [5.74, 6) is 1.81. The first-order chi connectivity index (χ1) is 9.28. The number of ether oxygens (including phenoxy) is 4. The monoisotopic (exact) mass is 262 g/mol. The first-order valence-electron chi connectivity index (χ1n) is 5.47. The second-order valence-electron chi connectivity index (χ2n) is 3.69. The standard InChI is InChI=1S/C12H10N2O5/c1-16-10-11(15)13-5-14-12(10)19-7-2-3-8-9(4-7)18-6-17-8/h2-5H,6H2,1H3,(H,13,14,15). The molecule has 98 valence electrons. The lowest BCUT2D eigenvalue weighted by molar-refractivity contribution is 0.174. The van der Waals surface area contributed by atoms with Crippen LogP contribution in [0.25, 0.3) is 0 Å². The Bertz CT molecular complexity index is 667. The van der Waals surface area contributed by atoms with Gasteiger partial charge in [-0.15, -0.1) is 0 Å². The second-order valence-corrected chi connectivity index (χ2v) is 3.69. The molecule has 7 nitrogen and oxygen atoms in total. The van der Waals surface area contributed by atoms with E-state index >= 15 is 0 Å². The Labute approximate surface area is 107 Å². The maximum absolute atomic E-state index is 11.5. The number of hydrogen-bond acceptors (Lipinski definition) is 6. The van der Waals surface area contributed by atoms with Gasteiger partial charge < -0.3 is 23.9 Å². The Hall–Kier alpha value is -2.70. The van der Waals surface area contributed by atoms with Gasteiger partial charge in [0.25, 0.3) is 11.4 Å². The third-order valence-corrected chi connectivity index (χ3v) is 2.54. The average molecular weight is 262 g/mol. The van der Waals surface area contributed by atoms with Crippen molar-refractivity contribution in [3.63, 3.8) is 0 Å². The lowest BCUT2D eigenvalue weighted by Crippen LogP contribution is -2.10. The molecule has 0 aliphatic carbocycles. The van der Waals surface area contributed by atoms with Crippen LogP contribution in [0.2, 0.25) is 0 Å². The molecule has 19 heavy (non-hydrogen) atoms. The Kier molecular flexibility index (Phi) is 2.71. The van der Waals surface area contributed by atoms with Crippen molar-refractivity contribution in [2.24, 2.45) is 0 Å². The summed E-state index contributed by atoms with van der Waals surface area (Å²) in [6, 6.07) is 5.07. The van der Waals surface area contributed by atoms with Crippen LogP contribution in [0, 0.1) is 0 Å². The second kappa shape index (κ2) is 4.52. The number of hydrogen-bond donors (Lipinski definition) is 1. The molecule has 7 heteroatoms. The molecule has 2 aromatic rings. The third-order valence-electron chi connectivity index (χ3n) is 2.54. The van der Waals surface area contributed by atoms with Gasteiger partial charge in [0.05, 0.1) is 13.4 Å². The number of aromatic amines is 1. The molecule has 0 unspecified atom stereocenters. The molecule has 1 aromatic heterocycles. The fraction of sp³-hybridized carbons (Fsp3) is 0.167. The van der Waals surface area contributed by atoms with Crippen molar-refractivity contribution in [1.82, 2.24) is 9.97 Å². The average Bonchev–Trinajstić information content (AvgIpc) is 2.86. The van der Waals surface area contributed by atoms with Crippen molar-refractivity contribution in [2.45, 2.75) is 0 Å². The van der Waals surface area contributed by atoms with Gasteiger partial charge in [-0.1, -0.05) is 0 Å². The molecular formula is C12H10N2O5. The predicted octanol–water partition coefficient (Wildman–Crippen LogP) is 1.30. The van der Waals surface area contributed by atoms with E-state index in [1.165, 1.54) is 13.4 Å². The van der Waals surface area contributed by atoms with Crippen LogP contribution < -0.4 is 24.5 Å². The smallest absolute Gasteiger partial charge is 0.297 e. The first kappa shape index (κ1) is 11.4. The van der Waals surface area contributed by atoms with E-state index < -0.39 is 5.56 Å². The van der Waals surface area contributed by atoms with Gasteiger partial charge in [0.15, 0.2) is 11.5 Å². The van der Waals surface area contributed by atoms with Crippen LogP contribution in [-0.4, -0.2) is 23.9 Å². The van der Waals surface area contributed by atoms with E-state index in [1.807, 2.05) is 0 Å². The van der Waals surface area contributed by atoms with Crippen LogP contribution in [0.4, 0.5) is 0 Å². The lowest BCUT2D eigenvalue weighted by atomic mass is 10.3. The molecular weight excluding hydrogens is 252 g/mol. The summed E-state index contributed by atoms with van der Waals surface area (Å²) in [7, 11) is 1.37. The fourth-order valence-electron chi connectivity index (χ4n) is 1.68. The molecule has 0 saturated carbocycles. The fourth-order valence-corrected chi connectivity index (χ4v) is 1.68. The van der Waals surface area contributed by atoms with Crippen LogP contribution in [0.3, 0.4) is 0 Å². The van der Waals surface area contributed by atoms with Gasteiger partial charge in [-0.3, -0.25) is 4.79 Å². The molecule has 0 fully saturated rings. The number of nitrogens with zero attached hydrogens (tertiary/aromatic N) is 1. The van der Waals surface area contributed by atoms with Crippen LogP contribution in [0.15, 0.2) is 29.3 Å². The number of nitrogens with one attached hydrogen (secondary N) is 1. The highest BCUT2D eigenvalue weighted by molar-refractivity contribution is 5.48. The van der Waals surface area contributed by atoms with Crippen molar-refractivity contribution < 1.29 is 18.9 Å². The van der Waals surface area contributed by atoms with Gasteiger partial charge in [-0.05, 0) is 12.1 Å². The quantitative estimate of drug-likeness (QED) is 0.897. The Morgan fingerprint density at radius 2 is 2.16 bits per heavy atom. The van der Waals surface area contributed by atoms with Gasteiger partial charge in [0.1, 0.15) is 5.75 Å². The summed E-state index contributed by atoms with van der Waals surface area (Å²) in [6.45, 7) is 0.186. The summed E-state index contributed by atoms with van der Waals surface area (Å²) in [5, 5.41) is 0. The highest BCUT2D eigenvalue weighted by atomic mass is 16.7. The highest BCUT2D eigenvalue weighted by Gasteiger charge is 2.16. The molecule has 1 N–H and O–H groups in total. The van der Waals surface area contributed by atoms with E-state index in [-0.39, 0.29) is 18.4 Å². The minimum absolute atomic E-state index is 0.0140. The molecule has 2 heterocycles. The number of aromatic nitrogens is 2. The van der Waals surface area contributed by atoms with E-state index in [9.17, 15) is 4.79 Å². The van der Waals surface area contributed by atoms with E-state index in [0.29, 0.717) is 17.2 Å². The summed E-state index contributed by atoms with van der Waals surface area (Å²) >= 11 is 0. The largest absolute Gasteiger partial charge is 0.487 e. The van der Waals surface area contributed by atoms with Crippen molar-refractivity contribution in [3.05, 3.63) is 34.9 Å². The maximum atomic E-state index is 11.5. The van der Waals surface area contributed by atoms with E-state index in [4.69, 9.17) is 18.9 Å². The summed E-state index contributed by atoms with van der Waals surface area (Å²) in [5.41, 5.74) is -0.409. The number of benzene rings is 1. The van der Waals surface area contributed by atoms with Gasteiger partial charge in [-0.2, -0.15) is 0 Å². The molecule has 0 atom stereocenters. The maximum Gasteiger partial charge on any atom is 0.297 e. The molecule has 3 rings (SSSR count). The van der Waals surface area contributed by atoms with E-state index in [1.54, 1.807) is 18.2 Å². The van der Waals surface area contributed by atoms with Crippen molar-refractivity contribution >= 4 is 0 Å². The summed E-state index contributed by atoms with van der Waals surface area (Å²) < 4.78 is 20.9. The lowest BCUT2D eigenvalue weighted by Gasteiger charge is -2.08. The zero-order valence-corrected chi connectivity index (χ0v) is 10.0. The van der Waals surface area contributed by atoms with E-state index in [0.717, 1.165) is 0 Å². The Morgan fingerprint density at radius 3 is 3.00 bits per heavy atom. The molecule has 0 saturated heterocycles. The van der Waals surface area contributed by atoms with Crippen LogP contribution in [-0.2, 0) is 0 Å². The van der Waals surface area contributed by atoms with Crippen LogP contribution >= 0.6 is 0 Å². The molecule has 0 amide bonds. The van der Waals surface area contributed by atoms with Crippen molar-refractivity contribution in [3.8, 4) is 28.9 Å². The van der Waals surface area contributed by atoms with Crippen molar-refractivity contribution in [1.29, 1.82) is 0 Å². The normalized spacial score (nSPS) is 12.3. The number of H-pyrrole nitrogens is 1. The summed E-state index contributed by atoms with van der Waals surface area (Å²) in [6.07, 6.45) is 1.24. The molecule has 1 aliphatic heterocycles. The summed E-state index contributed by atoms with van der Waals surface area (Å²) in [4.78, 5) is 17.8. The third kappa shape index (κ3) is 2.05. The van der Waals surface area contributed by atoms with E-state index in [2.05, 4.69) is 9.97 Å². The topological polar surface area (TPSA) is 82.7 Å². The zero-order valence-electron chi connectivity index (χ0n) is 10.0. The first-order valence-corrected chi connectivity index (χ1v) is 5.47. The molecule has 0 spiro atoms.